The van der Waals surface area contributed by atoms with E-state index in [2.05, 4.69) is 38.1 Å². The fourth-order valence-corrected chi connectivity index (χ4v) is 2.36. The van der Waals surface area contributed by atoms with Gasteiger partial charge in [-0.15, -0.1) is 0 Å². The summed E-state index contributed by atoms with van der Waals surface area (Å²) < 4.78 is 13.6. The van der Waals surface area contributed by atoms with E-state index in [0.29, 0.717) is 5.82 Å². The second-order valence-electron chi connectivity index (χ2n) is 4.50. The fourth-order valence-electron chi connectivity index (χ4n) is 1.88. The second-order valence-corrected chi connectivity index (χ2v) is 5.31. The Morgan fingerprint density at radius 2 is 1.95 bits per heavy atom. The minimum atomic E-state index is -0.209. The third-order valence-electron chi connectivity index (χ3n) is 2.66. The topological polar surface area (TPSA) is 37.8 Å². The lowest BCUT2D eigenvalue weighted by atomic mass is 10.1. The normalized spacial score (nSPS) is 12.2. The molecule has 0 aliphatic carbocycles. The summed E-state index contributed by atoms with van der Waals surface area (Å²) in [6, 6.07) is 8.60. The van der Waals surface area contributed by atoms with Crippen molar-refractivity contribution in [3.63, 3.8) is 0 Å². The third-order valence-corrected chi connectivity index (χ3v) is 3.06. The molecule has 0 fully saturated rings. The van der Waals surface area contributed by atoms with Gasteiger partial charge in [0.05, 0.1) is 0 Å². The second kappa shape index (κ2) is 6.10. The molecule has 0 spiro atoms. The highest BCUT2D eigenvalue weighted by atomic mass is 79.9. The number of nitrogens with zero attached hydrogens (tertiary/aromatic N) is 2. The number of nitrogens with one attached hydrogen (secondary N) is 1. The molecule has 0 saturated carbocycles. The molecule has 1 atom stereocenters. The van der Waals surface area contributed by atoms with Crippen LogP contribution in [0, 0.1) is 12.7 Å². The third kappa shape index (κ3) is 4.28. The van der Waals surface area contributed by atoms with Gasteiger partial charge in [-0.05, 0) is 53.9 Å². The molecule has 2 rings (SSSR count). The Hall–Kier alpha value is -1.49. The monoisotopic (exact) mass is 323 g/mol. The van der Waals surface area contributed by atoms with Gasteiger partial charge < -0.3 is 5.32 Å². The molecule has 3 nitrogen and oxygen atoms in total. The molecule has 1 heterocycles. The number of benzene rings is 1. The first-order valence-electron chi connectivity index (χ1n) is 6.05. The maximum Gasteiger partial charge on any atom is 0.131 e. The molecule has 1 unspecified atom stereocenters. The van der Waals surface area contributed by atoms with Crippen molar-refractivity contribution in [3.05, 3.63) is 52.1 Å². The van der Waals surface area contributed by atoms with Gasteiger partial charge in [-0.2, -0.15) is 0 Å². The summed E-state index contributed by atoms with van der Waals surface area (Å²) >= 11 is 3.34. The Bertz CT molecular complexity index is 537. The molecule has 0 aliphatic heterocycles. The number of hydrogen-bond acceptors (Lipinski definition) is 3. The summed E-state index contributed by atoms with van der Waals surface area (Å²) in [6.45, 7) is 3.91. The summed E-state index contributed by atoms with van der Waals surface area (Å²) in [7, 11) is 0. The van der Waals surface area contributed by atoms with E-state index in [1.807, 2.05) is 13.0 Å². The molecule has 0 amide bonds. The molecule has 1 N–H and O–H groups in total. The zero-order valence-corrected chi connectivity index (χ0v) is 12.4. The van der Waals surface area contributed by atoms with Gasteiger partial charge in [-0.3, -0.25) is 0 Å². The molecule has 1 aromatic heterocycles. The molecule has 0 aliphatic rings. The van der Waals surface area contributed by atoms with Crippen LogP contribution in [0.5, 0.6) is 0 Å². The maximum absolute atomic E-state index is 12.8. The molecule has 0 bridgehead atoms. The molecular weight excluding hydrogens is 309 g/mol. The average molecular weight is 324 g/mol. The Morgan fingerprint density at radius 3 is 2.58 bits per heavy atom. The van der Waals surface area contributed by atoms with E-state index in [-0.39, 0.29) is 11.9 Å². The highest BCUT2D eigenvalue weighted by Crippen LogP contribution is 2.14. The Kier molecular flexibility index (Phi) is 4.47. The van der Waals surface area contributed by atoms with Crippen LogP contribution in [0.1, 0.15) is 18.3 Å². The lowest BCUT2D eigenvalue weighted by Crippen LogP contribution is -2.19. The first kappa shape index (κ1) is 13.9. The fraction of sp³-hybridized carbons (Fsp3) is 0.286. The van der Waals surface area contributed by atoms with Crippen molar-refractivity contribution in [2.24, 2.45) is 0 Å². The molecular formula is C14H15BrFN3. The van der Waals surface area contributed by atoms with Crippen LogP contribution in [0.2, 0.25) is 0 Å². The van der Waals surface area contributed by atoms with E-state index in [1.54, 1.807) is 12.1 Å². The number of hydrogen-bond donors (Lipinski definition) is 1. The lowest BCUT2D eigenvalue weighted by molar-refractivity contribution is 0.626. The number of rotatable bonds is 4. The van der Waals surface area contributed by atoms with Crippen LogP contribution in [0.25, 0.3) is 0 Å². The number of aromatic nitrogens is 2. The minimum Gasteiger partial charge on any atom is -0.367 e. The van der Waals surface area contributed by atoms with Crippen molar-refractivity contribution in [2.45, 2.75) is 26.3 Å². The van der Waals surface area contributed by atoms with Gasteiger partial charge in [0.1, 0.15) is 22.1 Å². The average Bonchev–Trinajstić information content (AvgIpc) is 2.30. The van der Waals surface area contributed by atoms with E-state index in [9.17, 15) is 4.39 Å². The first-order valence-corrected chi connectivity index (χ1v) is 6.84. The van der Waals surface area contributed by atoms with Crippen molar-refractivity contribution < 1.29 is 4.39 Å². The smallest absolute Gasteiger partial charge is 0.131 e. The van der Waals surface area contributed by atoms with Crippen LogP contribution in [0.15, 0.2) is 34.9 Å². The van der Waals surface area contributed by atoms with Crippen molar-refractivity contribution in [1.82, 2.24) is 9.97 Å². The molecule has 19 heavy (non-hydrogen) atoms. The molecule has 100 valence electrons. The van der Waals surface area contributed by atoms with Crippen LogP contribution >= 0.6 is 15.9 Å². The molecule has 1 aromatic carbocycles. The highest BCUT2D eigenvalue weighted by molar-refractivity contribution is 9.10. The number of halogens is 2. The van der Waals surface area contributed by atoms with Gasteiger partial charge >= 0.3 is 0 Å². The van der Waals surface area contributed by atoms with Gasteiger partial charge in [-0.1, -0.05) is 12.1 Å². The van der Waals surface area contributed by atoms with Gasteiger partial charge in [-0.25, -0.2) is 14.4 Å². The van der Waals surface area contributed by atoms with Gasteiger partial charge in [0.25, 0.3) is 0 Å². The number of aryl methyl sites for hydroxylation is 1. The van der Waals surface area contributed by atoms with Crippen LogP contribution in [0.4, 0.5) is 10.2 Å². The van der Waals surface area contributed by atoms with E-state index in [4.69, 9.17) is 0 Å². The molecule has 0 saturated heterocycles. The highest BCUT2D eigenvalue weighted by Gasteiger charge is 2.06. The standard InChI is InChI=1S/C14H15BrFN3/c1-9(7-11-3-5-12(16)6-4-11)17-14-8-13(15)18-10(2)19-14/h3-6,8-9H,7H2,1-2H3,(H,17,18,19). The van der Waals surface area contributed by atoms with Crippen molar-refractivity contribution >= 4 is 21.7 Å². The number of anilines is 1. The van der Waals surface area contributed by atoms with Gasteiger partial charge in [0.2, 0.25) is 0 Å². The van der Waals surface area contributed by atoms with Gasteiger partial charge in [0, 0.05) is 12.1 Å². The zero-order chi connectivity index (χ0) is 13.8. The Balaban J connectivity index is 2.00. The van der Waals surface area contributed by atoms with Crippen molar-refractivity contribution in [1.29, 1.82) is 0 Å². The summed E-state index contributed by atoms with van der Waals surface area (Å²) in [5.41, 5.74) is 1.09. The van der Waals surface area contributed by atoms with Crippen molar-refractivity contribution in [2.75, 3.05) is 5.32 Å². The lowest BCUT2D eigenvalue weighted by Gasteiger charge is -2.15. The largest absolute Gasteiger partial charge is 0.367 e. The van der Waals surface area contributed by atoms with Crippen LogP contribution in [-0.2, 0) is 6.42 Å². The maximum atomic E-state index is 12.8. The van der Waals surface area contributed by atoms with Gasteiger partial charge in [0.15, 0.2) is 0 Å². The molecule has 5 heteroatoms. The van der Waals surface area contributed by atoms with E-state index in [0.717, 1.165) is 22.4 Å². The zero-order valence-electron chi connectivity index (χ0n) is 10.8. The summed E-state index contributed by atoms with van der Waals surface area (Å²) in [6.07, 6.45) is 0.806. The van der Waals surface area contributed by atoms with Crippen LogP contribution in [-0.4, -0.2) is 16.0 Å². The summed E-state index contributed by atoms with van der Waals surface area (Å²) in [5.74, 6) is 1.29. The van der Waals surface area contributed by atoms with Crippen LogP contribution in [0.3, 0.4) is 0 Å². The minimum absolute atomic E-state index is 0.201. The Labute approximate surface area is 120 Å². The van der Waals surface area contributed by atoms with Crippen molar-refractivity contribution in [3.8, 4) is 0 Å². The van der Waals surface area contributed by atoms with Crippen LogP contribution < -0.4 is 5.32 Å². The van der Waals surface area contributed by atoms with E-state index >= 15 is 0 Å². The summed E-state index contributed by atoms with van der Waals surface area (Å²) in [5, 5.41) is 3.31. The quantitative estimate of drug-likeness (QED) is 0.871. The first-order chi connectivity index (χ1) is 9.02. The predicted molar refractivity (Wildman–Crippen MR) is 77.7 cm³/mol. The molecule has 0 radical (unpaired) electrons. The van der Waals surface area contributed by atoms with E-state index < -0.39 is 0 Å². The predicted octanol–water partition coefficient (Wildman–Crippen LogP) is 3.73. The summed E-state index contributed by atoms with van der Waals surface area (Å²) in [4.78, 5) is 8.48. The SMILES string of the molecule is Cc1nc(Br)cc(NC(C)Cc2ccc(F)cc2)n1. The Morgan fingerprint density at radius 1 is 1.26 bits per heavy atom. The molecule has 2 aromatic rings. The van der Waals surface area contributed by atoms with E-state index in [1.165, 1.54) is 12.1 Å².